The molecule has 13 rings (SSSR count). The van der Waals surface area contributed by atoms with Gasteiger partial charge in [-0.05, 0) is 132 Å². The maximum Gasteiger partial charge on any atom is 0.0547 e. The van der Waals surface area contributed by atoms with Crippen LogP contribution in [0.4, 0.5) is 17.1 Å². The molecule has 0 amide bonds. The number of benzene rings is 12. The predicted octanol–water partition coefficient (Wildman–Crippen LogP) is 18.4. The minimum atomic E-state index is 1.08. The summed E-state index contributed by atoms with van der Waals surface area (Å²) in [6, 6.07) is 97.5. The molecule has 2 heteroatoms. The third-order valence-corrected chi connectivity index (χ3v) is 13.7. The molecule has 0 unspecified atom stereocenters. The van der Waals surface area contributed by atoms with Crippen molar-refractivity contribution in [2.45, 2.75) is 0 Å². The Morgan fingerprint density at radius 1 is 0.279 bits per heavy atom. The van der Waals surface area contributed by atoms with E-state index in [1.807, 2.05) is 0 Å². The molecular weight excluding hydrogens is 821 g/mol. The maximum atomic E-state index is 2.44. The quantitative estimate of drug-likeness (QED) is 0.138. The second kappa shape index (κ2) is 16.5. The van der Waals surface area contributed by atoms with Gasteiger partial charge in [0.1, 0.15) is 0 Å². The van der Waals surface area contributed by atoms with E-state index in [-0.39, 0.29) is 0 Å². The highest BCUT2D eigenvalue weighted by atomic mass is 15.1. The van der Waals surface area contributed by atoms with Crippen LogP contribution in [0, 0.1) is 0 Å². The molecule has 1 heterocycles. The lowest BCUT2D eigenvalue weighted by Gasteiger charge is -2.28. The summed E-state index contributed by atoms with van der Waals surface area (Å²) in [5.41, 5.74) is 16.4. The standard InChI is InChI=1S/C66H44N2/c1-4-21-46(22-5-1)64-58-34-13-12-33-56(58)57-41-40-49(44-60(57)65(64)47-23-6-2-7-24-47)48-26-16-30-52(42-48)67(61-38-18-25-45-20-10-11-32-54(45)61)53-31-17-27-50(43-53)55-36-19-39-63-66(55)59-35-14-15-37-62(59)68(63)51-28-8-3-9-29-51/h1-44H. The first kappa shape index (κ1) is 39.4. The molecule has 0 bridgehead atoms. The molecule has 0 saturated heterocycles. The summed E-state index contributed by atoms with van der Waals surface area (Å²) < 4.78 is 2.40. The summed E-state index contributed by atoms with van der Waals surface area (Å²) in [5, 5.41) is 9.86. The lowest BCUT2D eigenvalue weighted by atomic mass is 9.84. The molecule has 0 radical (unpaired) electrons. The van der Waals surface area contributed by atoms with Crippen molar-refractivity contribution in [3.8, 4) is 50.2 Å². The molecule has 0 saturated carbocycles. The lowest BCUT2D eigenvalue weighted by molar-refractivity contribution is 1.18. The largest absolute Gasteiger partial charge is 0.310 e. The number of aromatic nitrogens is 1. The molecule has 0 atom stereocenters. The molecule has 2 nitrogen and oxygen atoms in total. The smallest absolute Gasteiger partial charge is 0.0547 e. The van der Waals surface area contributed by atoms with Crippen molar-refractivity contribution in [1.82, 2.24) is 4.57 Å². The van der Waals surface area contributed by atoms with Crippen LogP contribution in [0.2, 0.25) is 0 Å². The average molecular weight is 865 g/mol. The second-order valence-electron chi connectivity index (χ2n) is 17.6. The first-order valence-corrected chi connectivity index (χ1v) is 23.4. The Bertz CT molecular complexity index is 4010. The van der Waals surface area contributed by atoms with E-state index >= 15 is 0 Å². The summed E-state index contributed by atoms with van der Waals surface area (Å²) in [4.78, 5) is 2.44. The summed E-state index contributed by atoms with van der Waals surface area (Å²) in [6.45, 7) is 0. The van der Waals surface area contributed by atoms with Crippen LogP contribution < -0.4 is 4.90 Å². The number of fused-ring (bicyclic) bond motifs is 7. The van der Waals surface area contributed by atoms with Crippen LogP contribution in [0.15, 0.2) is 267 Å². The van der Waals surface area contributed by atoms with Crippen LogP contribution in [0.1, 0.15) is 0 Å². The van der Waals surface area contributed by atoms with Gasteiger partial charge in [0.25, 0.3) is 0 Å². The fourth-order valence-corrected chi connectivity index (χ4v) is 10.8. The summed E-state index contributed by atoms with van der Waals surface area (Å²) in [5.74, 6) is 0. The number of anilines is 3. The van der Waals surface area contributed by atoms with Crippen molar-refractivity contribution in [2.24, 2.45) is 0 Å². The normalized spacial score (nSPS) is 11.5. The van der Waals surface area contributed by atoms with E-state index in [4.69, 9.17) is 0 Å². The molecule has 0 aliphatic heterocycles. The Morgan fingerprint density at radius 3 is 1.53 bits per heavy atom. The Balaban J connectivity index is 1.01. The zero-order chi connectivity index (χ0) is 45.0. The van der Waals surface area contributed by atoms with Gasteiger partial charge < -0.3 is 9.47 Å². The maximum absolute atomic E-state index is 2.44. The van der Waals surface area contributed by atoms with E-state index in [0.717, 1.165) is 33.9 Å². The van der Waals surface area contributed by atoms with Gasteiger partial charge in [-0.25, -0.2) is 0 Å². The Labute approximate surface area is 395 Å². The third kappa shape index (κ3) is 6.57. The SMILES string of the molecule is c1ccc(-c2c(-c3ccccc3)c3cc(-c4cccc(N(c5cccc(-c6cccc7c6c6ccccc6n7-c6ccccc6)c5)c5cccc6ccccc56)c4)ccc3c3ccccc23)cc1. The van der Waals surface area contributed by atoms with Crippen molar-refractivity contribution in [2.75, 3.05) is 4.90 Å². The van der Waals surface area contributed by atoms with Crippen LogP contribution in [0.3, 0.4) is 0 Å². The molecule has 13 aromatic rings. The van der Waals surface area contributed by atoms with Gasteiger partial charge >= 0.3 is 0 Å². The van der Waals surface area contributed by atoms with E-state index in [2.05, 4.69) is 276 Å². The van der Waals surface area contributed by atoms with E-state index < -0.39 is 0 Å². The zero-order valence-electron chi connectivity index (χ0n) is 37.3. The number of nitrogens with zero attached hydrogens (tertiary/aromatic N) is 2. The van der Waals surface area contributed by atoms with Crippen molar-refractivity contribution in [3.05, 3.63) is 267 Å². The minimum Gasteiger partial charge on any atom is -0.310 e. The van der Waals surface area contributed by atoms with E-state index in [1.165, 1.54) is 87.5 Å². The number of para-hydroxylation sites is 2. The predicted molar refractivity (Wildman–Crippen MR) is 290 cm³/mol. The second-order valence-corrected chi connectivity index (χ2v) is 17.6. The van der Waals surface area contributed by atoms with Crippen molar-refractivity contribution in [1.29, 1.82) is 0 Å². The van der Waals surface area contributed by atoms with Gasteiger partial charge in [0.05, 0.1) is 16.7 Å². The van der Waals surface area contributed by atoms with E-state index in [9.17, 15) is 0 Å². The molecular formula is C66H44N2. The Kier molecular flexibility index (Phi) is 9.54. The van der Waals surface area contributed by atoms with Crippen LogP contribution in [0.25, 0.3) is 104 Å². The molecule has 0 aliphatic rings. The van der Waals surface area contributed by atoms with Gasteiger partial charge in [-0.3, -0.25) is 0 Å². The molecule has 12 aromatic carbocycles. The van der Waals surface area contributed by atoms with Gasteiger partial charge in [-0.2, -0.15) is 0 Å². The van der Waals surface area contributed by atoms with Crippen molar-refractivity contribution >= 4 is 71.2 Å². The highest BCUT2D eigenvalue weighted by molar-refractivity contribution is 6.22. The van der Waals surface area contributed by atoms with Crippen LogP contribution in [-0.4, -0.2) is 4.57 Å². The molecule has 0 aliphatic carbocycles. The number of hydrogen-bond donors (Lipinski definition) is 0. The van der Waals surface area contributed by atoms with Crippen LogP contribution >= 0.6 is 0 Å². The van der Waals surface area contributed by atoms with Gasteiger partial charge in [0.2, 0.25) is 0 Å². The highest BCUT2D eigenvalue weighted by Gasteiger charge is 2.22. The van der Waals surface area contributed by atoms with Gasteiger partial charge in [0.15, 0.2) is 0 Å². The molecule has 0 N–H and O–H groups in total. The number of hydrogen-bond acceptors (Lipinski definition) is 1. The summed E-state index contributed by atoms with van der Waals surface area (Å²) in [7, 11) is 0. The topological polar surface area (TPSA) is 8.17 Å². The average Bonchev–Trinajstić information content (AvgIpc) is 3.76. The molecule has 68 heavy (non-hydrogen) atoms. The lowest BCUT2D eigenvalue weighted by Crippen LogP contribution is -2.10. The van der Waals surface area contributed by atoms with Gasteiger partial charge in [-0.15, -0.1) is 0 Å². The third-order valence-electron chi connectivity index (χ3n) is 13.7. The van der Waals surface area contributed by atoms with Crippen LogP contribution in [0.5, 0.6) is 0 Å². The van der Waals surface area contributed by atoms with Gasteiger partial charge in [-0.1, -0.05) is 206 Å². The molecule has 0 spiro atoms. The number of rotatable bonds is 8. The first-order chi connectivity index (χ1) is 33.8. The van der Waals surface area contributed by atoms with Gasteiger partial charge in [0, 0.05) is 33.2 Å². The van der Waals surface area contributed by atoms with E-state index in [1.54, 1.807) is 0 Å². The molecule has 1 aromatic heterocycles. The van der Waals surface area contributed by atoms with Crippen LogP contribution in [-0.2, 0) is 0 Å². The Hall–Kier alpha value is -8.98. The first-order valence-electron chi connectivity index (χ1n) is 23.4. The molecule has 318 valence electrons. The fourth-order valence-electron chi connectivity index (χ4n) is 10.8. The summed E-state index contributed by atoms with van der Waals surface area (Å²) >= 11 is 0. The highest BCUT2D eigenvalue weighted by Crippen LogP contribution is 2.47. The summed E-state index contributed by atoms with van der Waals surface area (Å²) in [6.07, 6.45) is 0. The minimum absolute atomic E-state index is 1.08. The zero-order valence-corrected chi connectivity index (χ0v) is 37.3. The molecule has 0 fully saturated rings. The fraction of sp³-hybridized carbons (Fsp3) is 0. The Morgan fingerprint density at radius 2 is 0.779 bits per heavy atom. The monoisotopic (exact) mass is 864 g/mol. The van der Waals surface area contributed by atoms with Crippen molar-refractivity contribution in [3.63, 3.8) is 0 Å². The van der Waals surface area contributed by atoms with Crippen molar-refractivity contribution < 1.29 is 0 Å². The van der Waals surface area contributed by atoms with E-state index in [0.29, 0.717) is 0 Å².